The summed E-state index contributed by atoms with van der Waals surface area (Å²) in [5.74, 6) is -0.501. The maximum absolute atomic E-state index is 13.1. The molecule has 4 rings (SSSR count). The molecule has 0 bridgehead atoms. The number of amides is 1. The van der Waals surface area contributed by atoms with E-state index in [1.807, 2.05) is 38.1 Å². The highest BCUT2D eigenvalue weighted by Gasteiger charge is 2.47. The third-order valence-electron chi connectivity index (χ3n) is 5.19. The van der Waals surface area contributed by atoms with E-state index < -0.39 is 5.41 Å². The zero-order valence-corrected chi connectivity index (χ0v) is 15.7. The highest BCUT2D eigenvalue weighted by molar-refractivity contribution is 6.00. The smallest absolute Gasteiger partial charge is 0.239 e. The number of nitrogens with zero attached hydrogens (tertiary/aromatic N) is 2. The van der Waals surface area contributed by atoms with E-state index in [4.69, 9.17) is 4.74 Å². The predicted molar refractivity (Wildman–Crippen MR) is 104 cm³/mol. The van der Waals surface area contributed by atoms with Crippen LogP contribution in [-0.4, -0.2) is 29.1 Å². The third kappa shape index (κ3) is 3.16. The van der Waals surface area contributed by atoms with Gasteiger partial charge in [-0.2, -0.15) is 0 Å². The molecule has 0 unspecified atom stereocenters. The van der Waals surface area contributed by atoms with E-state index in [1.54, 1.807) is 18.5 Å². The van der Waals surface area contributed by atoms with Crippen molar-refractivity contribution in [1.29, 1.82) is 0 Å². The first-order valence-corrected chi connectivity index (χ1v) is 9.03. The molecule has 1 amide bonds. The molecule has 1 aromatic heterocycles. The van der Waals surface area contributed by atoms with Gasteiger partial charge in [0.05, 0.1) is 13.2 Å². The van der Waals surface area contributed by atoms with Crippen molar-refractivity contribution in [1.82, 2.24) is 9.97 Å². The maximum atomic E-state index is 13.1. The molecule has 1 aliphatic heterocycles. The zero-order valence-electron chi connectivity index (χ0n) is 15.7. The molecular weight excluding hydrogens is 357 g/mol. The van der Waals surface area contributed by atoms with E-state index in [-0.39, 0.29) is 11.7 Å². The number of aromatic nitrogens is 2. The third-order valence-corrected chi connectivity index (χ3v) is 5.19. The molecular formula is C22H20FN3O2. The Balaban J connectivity index is 1.61. The summed E-state index contributed by atoms with van der Waals surface area (Å²) < 4.78 is 18.5. The fourth-order valence-corrected chi connectivity index (χ4v) is 3.49. The number of ether oxygens (including phenoxy) is 1. The standard InChI is InChI=1S/C22H20FN3O2/c1-14-20(15(2)25-13-24-14)16-3-5-17(6-4-16)22(11-28-12-22)21(27)26-19-9-7-18(23)8-10-19/h3-10,13H,11-12H2,1-2H3,(H,26,27). The number of hydrogen-bond donors (Lipinski definition) is 1. The molecule has 2 aromatic carbocycles. The molecule has 0 radical (unpaired) electrons. The summed E-state index contributed by atoms with van der Waals surface area (Å²) in [6.45, 7) is 4.53. The second-order valence-corrected chi connectivity index (χ2v) is 7.03. The minimum atomic E-state index is -0.746. The van der Waals surface area contributed by atoms with Gasteiger partial charge in [-0.1, -0.05) is 24.3 Å². The van der Waals surface area contributed by atoms with Crippen LogP contribution in [0.15, 0.2) is 54.9 Å². The Bertz CT molecular complexity index is 993. The van der Waals surface area contributed by atoms with E-state index in [2.05, 4.69) is 15.3 Å². The van der Waals surface area contributed by atoms with Crippen molar-refractivity contribution in [3.8, 4) is 11.1 Å². The fourth-order valence-electron chi connectivity index (χ4n) is 3.49. The van der Waals surface area contributed by atoms with Crippen LogP contribution in [0.2, 0.25) is 0 Å². The van der Waals surface area contributed by atoms with Gasteiger partial charge in [0.1, 0.15) is 17.6 Å². The molecule has 28 heavy (non-hydrogen) atoms. The normalized spacial score (nSPS) is 15.0. The topological polar surface area (TPSA) is 64.1 Å². The first-order chi connectivity index (χ1) is 13.5. The largest absolute Gasteiger partial charge is 0.378 e. The Morgan fingerprint density at radius 1 is 1.00 bits per heavy atom. The van der Waals surface area contributed by atoms with Crippen LogP contribution in [0.25, 0.3) is 11.1 Å². The molecule has 0 saturated carbocycles. The van der Waals surface area contributed by atoms with Gasteiger partial charge in [-0.15, -0.1) is 0 Å². The maximum Gasteiger partial charge on any atom is 0.239 e. The number of benzene rings is 2. The lowest BCUT2D eigenvalue weighted by Crippen LogP contribution is -2.55. The molecule has 0 spiro atoms. The first-order valence-electron chi connectivity index (χ1n) is 9.03. The van der Waals surface area contributed by atoms with Gasteiger partial charge in [-0.25, -0.2) is 14.4 Å². The molecule has 1 fully saturated rings. The summed E-state index contributed by atoms with van der Waals surface area (Å²) in [7, 11) is 0. The number of halogens is 1. The van der Waals surface area contributed by atoms with E-state index in [1.165, 1.54) is 12.1 Å². The van der Waals surface area contributed by atoms with Crippen LogP contribution < -0.4 is 5.32 Å². The van der Waals surface area contributed by atoms with Crippen molar-refractivity contribution in [2.75, 3.05) is 18.5 Å². The molecule has 142 valence electrons. The van der Waals surface area contributed by atoms with Gasteiger partial charge in [-0.3, -0.25) is 4.79 Å². The quantitative estimate of drug-likeness (QED) is 0.751. The highest BCUT2D eigenvalue weighted by atomic mass is 19.1. The number of hydrogen-bond acceptors (Lipinski definition) is 4. The van der Waals surface area contributed by atoms with Crippen molar-refractivity contribution in [2.24, 2.45) is 0 Å². The number of anilines is 1. The zero-order chi connectivity index (χ0) is 19.7. The summed E-state index contributed by atoms with van der Waals surface area (Å²) in [6.07, 6.45) is 1.56. The monoisotopic (exact) mass is 377 g/mol. The van der Waals surface area contributed by atoms with Gasteiger partial charge in [0, 0.05) is 22.6 Å². The van der Waals surface area contributed by atoms with E-state index in [0.717, 1.165) is 28.1 Å². The van der Waals surface area contributed by atoms with Crippen molar-refractivity contribution in [3.63, 3.8) is 0 Å². The lowest BCUT2D eigenvalue weighted by Gasteiger charge is -2.40. The number of aryl methyl sites for hydroxylation is 2. The fraction of sp³-hybridized carbons (Fsp3) is 0.227. The van der Waals surface area contributed by atoms with Crippen LogP contribution in [-0.2, 0) is 14.9 Å². The summed E-state index contributed by atoms with van der Waals surface area (Å²) in [5, 5.41) is 2.87. The van der Waals surface area contributed by atoms with Crippen molar-refractivity contribution in [3.05, 3.63) is 77.6 Å². The Morgan fingerprint density at radius 2 is 1.61 bits per heavy atom. The second kappa shape index (κ2) is 7.13. The molecule has 1 N–H and O–H groups in total. The predicted octanol–water partition coefficient (Wildman–Crippen LogP) is 3.81. The van der Waals surface area contributed by atoms with Crippen molar-refractivity contribution < 1.29 is 13.9 Å². The minimum Gasteiger partial charge on any atom is -0.378 e. The number of carbonyl (C=O) groups excluding carboxylic acids is 1. The Morgan fingerprint density at radius 3 is 2.14 bits per heavy atom. The van der Waals surface area contributed by atoms with E-state index >= 15 is 0 Å². The summed E-state index contributed by atoms with van der Waals surface area (Å²) in [4.78, 5) is 21.5. The average molecular weight is 377 g/mol. The number of carbonyl (C=O) groups is 1. The Labute approximate surface area is 162 Å². The van der Waals surface area contributed by atoms with Crippen molar-refractivity contribution in [2.45, 2.75) is 19.3 Å². The van der Waals surface area contributed by atoms with Crippen LogP contribution in [0.5, 0.6) is 0 Å². The van der Waals surface area contributed by atoms with Gasteiger partial charge in [-0.05, 0) is 49.2 Å². The molecule has 1 saturated heterocycles. The van der Waals surface area contributed by atoms with Crippen LogP contribution in [0.1, 0.15) is 17.0 Å². The number of rotatable bonds is 4. The van der Waals surface area contributed by atoms with Crippen LogP contribution >= 0.6 is 0 Å². The summed E-state index contributed by atoms with van der Waals surface area (Å²) in [6, 6.07) is 13.6. The number of nitrogens with one attached hydrogen (secondary N) is 1. The average Bonchev–Trinajstić information content (AvgIpc) is 2.64. The van der Waals surface area contributed by atoms with Gasteiger partial charge in [0.25, 0.3) is 0 Å². The molecule has 0 aliphatic carbocycles. The van der Waals surface area contributed by atoms with E-state index in [0.29, 0.717) is 18.9 Å². The minimum absolute atomic E-state index is 0.159. The Kier molecular flexibility index (Phi) is 4.65. The molecule has 3 aromatic rings. The second-order valence-electron chi connectivity index (χ2n) is 7.03. The first kappa shape index (κ1) is 18.3. The molecule has 5 nitrogen and oxygen atoms in total. The molecule has 0 atom stereocenters. The van der Waals surface area contributed by atoms with Gasteiger partial charge < -0.3 is 10.1 Å². The summed E-state index contributed by atoms with van der Waals surface area (Å²) >= 11 is 0. The molecule has 2 heterocycles. The van der Waals surface area contributed by atoms with Crippen LogP contribution in [0.3, 0.4) is 0 Å². The summed E-state index contributed by atoms with van der Waals surface area (Å²) in [5.41, 5.74) is 4.53. The van der Waals surface area contributed by atoms with Gasteiger partial charge in [0.2, 0.25) is 5.91 Å². The Hall–Kier alpha value is -3.12. The molecule has 6 heteroatoms. The van der Waals surface area contributed by atoms with Crippen LogP contribution in [0.4, 0.5) is 10.1 Å². The van der Waals surface area contributed by atoms with Gasteiger partial charge in [0.15, 0.2) is 0 Å². The lowest BCUT2D eigenvalue weighted by molar-refractivity contribution is -0.139. The van der Waals surface area contributed by atoms with Crippen LogP contribution in [0, 0.1) is 19.7 Å². The lowest BCUT2D eigenvalue weighted by atomic mass is 9.77. The SMILES string of the molecule is Cc1ncnc(C)c1-c1ccc(C2(C(=O)Nc3ccc(F)cc3)COC2)cc1. The van der Waals surface area contributed by atoms with Crippen molar-refractivity contribution >= 4 is 11.6 Å². The van der Waals surface area contributed by atoms with E-state index in [9.17, 15) is 9.18 Å². The highest BCUT2D eigenvalue weighted by Crippen LogP contribution is 2.35. The molecule has 1 aliphatic rings. The van der Waals surface area contributed by atoms with Gasteiger partial charge >= 0.3 is 0 Å².